The van der Waals surface area contributed by atoms with E-state index in [0.29, 0.717) is 5.69 Å². The van der Waals surface area contributed by atoms with E-state index >= 15 is 0 Å². The molecule has 0 spiro atoms. The minimum Gasteiger partial charge on any atom is -0.467 e. The average Bonchev–Trinajstić information content (AvgIpc) is 2.14. The molecule has 1 aromatic rings. The van der Waals surface area contributed by atoms with Crippen molar-refractivity contribution in [1.82, 2.24) is 9.97 Å². The summed E-state index contributed by atoms with van der Waals surface area (Å²) in [5.41, 5.74) is 0.717. The van der Waals surface area contributed by atoms with Gasteiger partial charge in [-0.3, -0.25) is 4.98 Å². The molecule has 6 heteroatoms. The van der Waals surface area contributed by atoms with E-state index in [1.165, 1.54) is 12.4 Å². The predicted octanol–water partition coefficient (Wildman–Crippen LogP) is 2.54. The smallest absolute Gasteiger partial charge is 0.422 e. The quantitative estimate of drug-likeness (QED) is 0.785. The summed E-state index contributed by atoms with van der Waals surface area (Å²) < 4.78 is 39.7. The lowest BCUT2D eigenvalue weighted by molar-refractivity contribution is -0.154. The predicted molar refractivity (Wildman–Crippen MR) is 47.7 cm³/mol. The fraction of sp³-hybridized carbons (Fsp3) is 0.556. The van der Waals surface area contributed by atoms with E-state index in [1.807, 2.05) is 13.8 Å². The number of ether oxygens (including phenoxy) is 1. The Morgan fingerprint density at radius 3 is 2.33 bits per heavy atom. The van der Waals surface area contributed by atoms with Crippen LogP contribution in [0, 0.1) is 0 Å². The van der Waals surface area contributed by atoms with Gasteiger partial charge in [-0.2, -0.15) is 13.2 Å². The number of hydrogen-bond acceptors (Lipinski definition) is 3. The molecule has 3 nitrogen and oxygen atoms in total. The average molecular weight is 220 g/mol. The highest BCUT2D eigenvalue weighted by atomic mass is 19.4. The molecule has 0 radical (unpaired) electrons. The van der Waals surface area contributed by atoms with Gasteiger partial charge in [-0.15, -0.1) is 0 Å². The summed E-state index contributed by atoms with van der Waals surface area (Å²) in [6, 6.07) is 0. The number of alkyl halides is 3. The third-order valence-corrected chi connectivity index (χ3v) is 1.62. The molecule has 1 heterocycles. The minimum absolute atomic E-state index is 0.114. The van der Waals surface area contributed by atoms with Crippen molar-refractivity contribution in [1.29, 1.82) is 0 Å². The van der Waals surface area contributed by atoms with Gasteiger partial charge in [0, 0.05) is 0 Å². The molecule has 0 bridgehead atoms. The molecule has 0 aromatic carbocycles. The fourth-order valence-corrected chi connectivity index (χ4v) is 0.855. The number of rotatable bonds is 3. The number of nitrogens with zero attached hydrogens (tertiary/aromatic N) is 2. The van der Waals surface area contributed by atoms with Crippen molar-refractivity contribution in [2.24, 2.45) is 0 Å². The maximum absolute atomic E-state index is 11.8. The van der Waals surface area contributed by atoms with Crippen LogP contribution in [0.4, 0.5) is 13.2 Å². The zero-order valence-electron chi connectivity index (χ0n) is 8.38. The van der Waals surface area contributed by atoms with Gasteiger partial charge in [0.05, 0.1) is 18.1 Å². The Kier molecular flexibility index (Phi) is 3.49. The Labute approximate surface area is 85.3 Å². The number of halogens is 3. The molecule has 0 saturated carbocycles. The molecule has 0 N–H and O–H groups in total. The van der Waals surface area contributed by atoms with Crippen molar-refractivity contribution in [3.63, 3.8) is 0 Å². The van der Waals surface area contributed by atoms with Crippen molar-refractivity contribution in [3.05, 3.63) is 18.1 Å². The topological polar surface area (TPSA) is 35.0 Å². The molecule has 0 atom stereocenters. The van der Waals surface area contributed by atoms with E-state index in [-0.39, 0.29) is 11.8 Å². The summed E-state index contributed by atoms with van der Waals surface area (Å²) in [7, 11) is 0. The van der Waals surface area contributed by atoms with Gasteiger partial charge in [-0.1, -0.05) is 13.8 Å². The summed E-state index contributed by atoms with van der Waals surface area (Å²) in [5.74, 6) is 0.0749. The van der Waals surface area contributed by atoms with E-state index in [2.05, 4.69) is 14.7 Å². The fourth-order valence-electron chi connectivity index (χ4n) is 0.855. The number of hydrogen-bond donors (Lipinski definition) is 0. The van der Waals surface area contributed by atoms with Crippen molar-refractivity contribution >= 4 is 0 Å². The maximum Gasteiger partial charge on any atom is 0.422 e. The Hall–Kier alpha value is -1.33. The molecule has 0 unspecified atom stereocenters. The number of aromatic nitrogens is 2. The first kappa shape index (κ1) is 11.7. The van der Waals surface area contributed by atoms with Gasteiger partial charge in [0.25, 0.3) is 0 Å². The first-order valence-corrected chi connectivity index (χ1v) is 4.40. The zero-order chi connectivity index (χ0) is 11.5. The molecule has 0 aliphatic carbocycles. The molecule has 1 aromatic heterocycles. The molecule has 0 aliphatic heterocycles. The van der Waals surface area contributed by atoms with Crippen LogP contribution in [-0.4, -0.2) is 22.8 Å². The van der Waals surface area contributed by atoms with E-state index < -0.39 is 12.8 Å². The first-order chi connectivity index (χ1) is 6.88. The SMILES string of the molecule is CC(C)c1cnc(OCC(F)(F)F)cn1. The summed E-state index contributed by atoms with van der Waals surface area (Å²) in [6.07, 6.45) is -1.74. The van der Waals surface area contributed by atoms with Crippen LogP contribution >= 0.6 is 0 Å². The lowest BCUT2D eigenvalue weighted by atomic mass is 10.1. The molecule has 84 valence electrons. The van der Waals surface area contributed by atoms with Crippen molar-refractivity contribution in [2.45, 2.75) is 25.9 Å². The van der Waals surface area contributed by atoms with Gasteiger partial charge >= 0.3 is 6.18 Å². The highest BCUT2D eigenvalue weighted by Crippen LogP contribution is 2.17. The Morgan fingerprint density at radius 2 is 1.93 bits per heavy atom. The summed E-state index contributed by atoms with van der Waals surface area (Å²) in [4.78, 5) is 7.64. The van der Waals surface area contributed by atoms with Crippen LogP contribution in [0.15, 0.2) is 12.4 Å². The van der Waals surface area contributed by atoms with Crippen molar-refractivity contribution < 1.29 is 17.9 Å². The molecule has 0 saturated heterocycles. The Morgan fingerprint density at radius 1 is 1.27 bits per heavy atom. The van der Waals surface area contributed by atoms with Gasteiger partial charge in [0.2, 0.25) is 5.88 Å². The molecule has 15 heavy (non-hydrogen) atoms. The van der Waals surface area contributed by atoms with Gasteiger partial charge in [0.1, 0.15) is 0 Å². The van der Waals surface area contributed by atoms with E-state index in [0.717, 1.165) is 0 Å². The van der Waals surface area contributed by atoms with Crippen molar-refractivity contribution in [2.75, 3.05) is 6.61 Å². The van der Waals surface area contributed by atoms with Gasteiger partial charge in [-0.05, 0) is 5.92 Å². The summed E-state index contributed by atoms with van der Waals surface area (Å²) in [5, 5.41) is 0. The molecule has 0 fully saturated rings. The second-order valence-corrected chi connectivity index (χ2v) is 3.34. The van der Waals surface area contributed by atoms with E-state index in [4.69, 9.17) is 0 Å². The highest BCUT2D eigenvalue weighted by Gasteiger charge is 2.28. The molecule has 0 amide bonds. The highest BCUT2D eigenvalue weighted by molar-refractivity contribution is 5.09. The van der Waals surface area contributed by atoms with Crippen LogP contribution in [0.3, 0.4) is 0 Å². The van der Waals surface area contributed by atoms with Crippen LogP contribution in [0.5, 0.6) is 5.88 Å². The van der Waals surface area contributed by atoms with E-state index in [9.17, 15) is 13.2 Å². The van der Waals surface area contributed by atoms with Gasteiger partial charge < -0.3 is 4.74 Å². The molecular weight excluding hydrogens is 209 g/mol. The molecular formula is C9H11F3N2O. The van der Waals surface area contributed by atoms with Crippen LogP contribution in [0.2, 0.25) is 0 Å². The third-order valence-electron chi connectivity index (χ3n) is 1.62. The first-order valence-electron chi connectivity index (χ1n) is 4.40. The Balaban J connectivity index is 2.57. The molecule has 1 rings (SSSR count). The zero-order valence-corrected chi connectivity index (χ0v) is 8.38. The maximum atomic E-state index is 11.8. The standard InChI is InChI=1S/C9H11F3N2O/c1-6(2)7-3-14-8(4-13-7)15-5-9(10,11)12/h3-4,6H,5H2,1-2H3. The minimum atomic E-state index is -4.35. The monoisotopic (exact) mass is 220 g/mol. The van der Waals surface area contributed by atoms with Gasteiger partial charge in [0.15, 0.2) is 6.61 Å². The molecule has 0 aliphatic rings. The van der Waals surface area contributed by atoms with Crippen LogP contribution < -0.4 is 4.74 Å². The van der Waals surface area contributed by atoms with Crippen LogP contribution in [0.25, 0.3) is 0 Å². The lowest BCUT2D eigenvalue weighted by Gasteiger charge is -2.08. The second-order valence-electron chi connectivity index (χ2n) is 3.34. The Bertz CT molecular complexity index is 308. The van der Waals surface area contributed by atoms with Gasteiger partial charge in [-0.25, -0.2) is 4.98 Å². The third kappa shape index (κ3) is 4.14. The van der Waals surface area contributed by atoms with Crippen molar-refractivity contribution in [3.8, 4) is 5.88 Å². The summed E-state index contributed by atoms with van der Waals surface area (Å²) >= 11 is 0. The normalized spacial score (nSPS) is 11.9. The van der Waals surface area contributed by atoms with E-state index in [1.54, 1.807) is 0 Å². The lowest BCUT2D eigenvalue weighted by Crippen LogP contribution is -2.19. The van der Waals surface area contributed by atoms with Crippen LogP contribution in [0.1, 0.15) is 25.5 Å². The summed E-state index contributed by atoms with van der Waals surface area (Å²) in [6.45, 7) is 2.49. The van der Waals surface area contributed by atoms with Crippen LogP contribution in [-0.2, 0) is 0 Å². The second kappa shape index (κ2) is 4.46. The largest absolute Gasteiger partial charge is 0.467 e.